The first-order valence-corrected chi connectivity index (χ1v) is 10.2. The second-order valence-corrected chi connectivity index (χ2v) is 7.65. The first-order chi connectivity index (χ1) is 13.8. The van der Waals surface area contributed by atoms with Gasteiger partial charge in [-0.05, 0) is 83.3 Å². The summed E-state index contributed by atoms with van der Waals surface area (Å²) in [5, 5.41) is 10.8. The van der Waals surface area contributed by atoms with Crippen molar-refractivity contribution in [1.82, 2.24) is 29.9 Å². The molecule has 0 atom stereocenters. The molecule has 11 heteroatoms. The zero-order valence-electron chi connectivity index (χ0n) is 15.2. The van der Waals surface area contributed by atoms with Gasteiger partial charge >= 0.3 is 0 Å². The van der Waals surface area contributed by atoms with Crippen LogP contribution in [0, 0.1) is 38.8 Å². The van der Waals surface area contributed by atoms with E-state index in [1.165, 1.54) is 17.8 Å². The van der Waals surface area contributed by atoms with E-state index in [1.807, 2.05) is 26.2 Å². The van der Waals surface area contributed by atoms with E-state index in [0.717, 1.165) is 31.3 Å². The molecule has 0 radical (unpaired) electrons. The Balaban J connectivity index is 0.000000170. The number of hydrogen-bond acceptors (Lipinski definition) is 4. The van der Waals surface area contributed by atoms with Crippen molar-refractivity contribution in [3.05, 3.63) is 85.2 Å². The molecule has 4 aromatic heterocycles. The molecular weight excluding hydrogens is 611 g/mol. The molecule has 4 heterocycles. The van der Waals surface area contributed by atoms with E-state index >= 15 is 0 Å². The van der Waals surface area contributed by atoms with E-state index in [1.54, 1.807) is 10.7 Å². The first kappa shape index (κ1) is 23.3. The number of H-pyrrole nitrogens is 1. The van der Waals surface area contributed by atoms with Crippen LogP contribution in [0.3, 0.4) is 0 Å². The number of halogens is 5. The molecule has 0 bridgehead atoms. The quantitative estimate of drug-likeness (QED) is 0.239. The van der Waals surface area contributed by atoms with Crippen molar-refractivity contribution in [2.75, 3.05) is 0 Å². The third kappa shape index (κ3) is 7.72. The molecule has 0 aliphatic rings. The van der Waals surface area contributed by atoms with Crippen LogP contribution in [-0.2, 0) is 0 Å². The second-order valence-electron chi connectivity index (χ2n) is 5.55. The minimum absolute atomic E-state index is 0.340. The third-order valence-corrected chi connectivity index (χ3v) is 5.40. The summed E-state index contributed by atoms with van der Waals surface area (Å²) in [4.78, 5) is 6.96. The van der Waals surface area contributed by atoms with Gasteiger partial charge in [0.2, 0.25) is 5.95 Å². The summed E-state index contributed by atoms with van der Waals surface area (Å²) in [7, 11) is 0. The van der Waals surface area contributed by atoms with E-state index in [0.29, 0.717) is 5.82 Å². The first-order valence-electron chi connectivity index (χ1n) is 8.02. The van der Waals surface area contributed by atoms with Gasteiger partial charge in [-0.15, -0.1) is 0 Å². The van der Waals surface area contributed by atoms with Crippen LogP contribution < -0.4 is 0 Å². The maximum absolute atomic E-state index is 12.6. The van der Waals surface area contributed by atoms with Crippen molar-refractivity contribution in [2.24, 2.45) is 0 Å². The van der Waals surface area contributed by atoms with E-state index in [9.17, 15) is 13.2 Å². The Labute approximate surface area is 192 Å². The average molecular weight is 626 g/mol. The molecule has 1 N–H and O–H groups in total. The summed E-state index contributed by atoms with van der Waals surface area (Å²) in [5.74, 6) is -0.900. The molecule has 0 amide bonds. The fourth-order valence-corrected chi connectivity index (χ4v) is 2.40. The maximum atomic E-state index is 12.6. The van der Waals surface area contributed by atoms with Gasteiger partial charge in [0.15, 0.2) is 5.82 Å². The van der Waals surface area contributed by atoms with Crippen LogP contribution in [-0.4, -0.2) is 29.9 Å². The lowest BCUT2D eigenvalue weighted by Gasteiger charge is -1.97. The molecule has 0 aromatic carbocycles. The lowest BCUT2D eigenvalue weighted by atomic mass is 10.4. The van der Waals surface area contributed by atoms with E-state index in [-0.39, 0.29) is 5.82 Å². The predicted octanol–water partition coefficient (Wildman–Crippen LogP) is 5.00. The second kappa shape index (κ2) is 11.2. The summed E-state index contributed by atoms with van der Waals surface area (Å²) in [6.07, 6.45) is 5.68. The van der Waals surface area contributed by atoms with Gasteiger partial charge in [0, 0.05) is 17.3 Å². The van der Waals surface area contributed by atoms with Crippen LogP contribution >= 0.6 is 45.2 Å². The van der Waals surface area contributed by atoms with Crippen molar-refractivity contribution >= 4 is 45.2 Å². The minimum atomic E-state index is -0.661. The highest BCUT2D eigenvalue weighted by atomic mass is 127. The Bertz CT molecular complexity index is 976. The molecule has 0 fully saturated rings. The standard InChI is InChI=1S/C9H7FIN3.C5H3F2N.C4H5IN2/c1-6-5-14(13-9(6)11)8-3-2-7(10)4-12-8;6-4-1-2-5(7)8-3-4;1-3-2-6-7-4(3)5/h2-5H,1H3;1-3H;2H,1H3,(H,6,7). The van der Waals surface area contributed by atoms with E-state index in [2.05, 4.69) is 70.4 Å². The Morgan fingerprint density at radius 1 is 0.862 bits per heavy atom. The molecule has 0 saturated heterocycles. The molecule has 6 nitrogen and oxygen atoms in total. The molecule has 4 aromatic rings. The summed E-state index contributed by atoms with van der Waals surface area (Å²) in [5.41, 5.74) is 2.29. The van der Waals surface area contributed by atoms with Crippen molar-refractivity contribution < 1.29 is 13.2 Å². The zero-order chi connectivity index (χ0) is 21.4. The molecule has 0 aliphatic carbocycles. The fraction of sp³-hybridized carbons (Fsp3) is 0.111. The molecule has 0 unspecified atom stereocenters. The Morgan fingerprint density at radius 2 is 1.52 bits per heavy atom. The van der Waals surface area contributed by atoms with Crippen LogP contribution in [0.1, 0.15) is 11.1 Å². The number of nitrogens with zero attached hydrogens (tertiary/aromatic N) is 5. The van der Waals surface area contributed by atoms with Crippen molar-refractivity contribution in [3.63, 3.8) is 0 Å². The number of rotatable bonds is 1. The van der Waals surface area contributed by atoms with Crippen LogP contribution in [0.25, 0.3) is 5.82 Å². The summed E-state index contributed by atoms with van der Waals surface area (Å²) >= 11 is 4.35. The minimum Gasteiger partial charge on any atom is -0.272 e. The van der Waals surface area contributed by atoms with Crippen molar-refractivity contribution in [3.8, 4) is 5.82 Å². The number of aryl methyl sites for hydroxylation is 2. The van der Waals surface area contributed by atoms with Crippen LogP contribution in [0.4, 0.5) is 13.2 Å². The van der Waals surface area contributed by atoms with Crippen molar-refractivity contribution in [1.29, 1.82) is 0 Å². The monoisotopic (exact) mass is 626 g/mol. The molecular formula is C18H15F3I2N6. The van der Waals surface area contributed by atoms with Gasteiger partial charge in [-0.3, -0.25) is 5.10 Å². The number of pyridine rings is 2. The SMILES string of the molecule is Cc1cn(-c2ccc(F)cn2)nc1I.Cc1cn[nH]c1I.Fc1ccc(F)nc1. The number of hydrogen-bond donors (Lipinski definition) is 1. The predicted molar refractivity (Wildman–Crippen MR) is 119 cm³/mol. The highest BCUT2D eigenvalue weighted by Crippen LogP contribution is 2.11. The van der Waals surface area contributed by atoms with Gasteiger partial charge in [0.1, 0.15) is 15.3 Å². The van der Waals surface area contributed by atoms with Gasteiger partial charge in [-0.25, -0.2) is 23.4 Å². The molecule has 152 valence electrons. The molecule has 0 saturated carbocycles. The molecule has 0 aliphatic heterocycles. The van der Waals surface area contributed by atoms with E-state index < -0.39 is 11.8 Å². The third-order valence-electron chi connectivity index (χ3n) is 3.24. The highest BCUT2D eigenvalue weighted by Gasteiger charge is 2.04. The number of nitrogens with one attached hydrogen (secondary N) is 1. The molecule has 29 heavy (non-hydrogen) atoms. The van der Waals surface area contributed by atoms with Crippen LogP contribution in [0.2, 0.25) is 0 Å². The van der Waals surface area contributed by atoms with E-state index in [4.69, 9.17) is 0 Å². The van der Waals surface area contributed by atoms with Gasteiger partial charge < -0.3 is 0 Å². The summed E-state index contributed by atoms with van der Waals surface area (Å²) in [6, 6.07) is 4.95. The topological polar surface area (TPSA) is 72.3 Å². The Hall–Kier alpha value is -2.03. The summed E-state index contributed by atoms with van der Waals surface area (Å²) < 4.78 is 39.9. The van der Waals surface area contributed by atoms with Crippen LogP contribution in [0.5, 0.6) is 0 Å². The number of aromatic amines is 1. The normalized spacial score (nSPS) is 9.90. The van der Waals surface area contributed by atoms with Gasteiger partial charge in [-0.2, -0.15) is 14.6 Å². The molecule has 4 rings (SSSR count). The smallest absolute Gasteiger partial charge is 0.212 e. The van der Waals surface area contributed by atoms with Gasteiger partial charge in [0.25, 0.3) is 0 Å². The number of aromatic nitrogens is 6. The lowest BCUT2D eigenvalue weighted by Crippen LogP contribution is -1.97. The largest absolute Gasteiger partial charge is 0.272 e. The van der Waals surface area contributed by atoms with Crippen molar-refractivity contribution in [2.45, 2.75) is 13.8 Å². The van der Waals surface area contributed by atoms with Crippen LogP contribution in [0.15, 0.2) is 49.1 Å². The van der Waals surface area contributed by atoms with Gasteiger partial charge in [0.05, 0.1) is 22.3 Å². The zero-order valence-corrected chi connectivity index (χ0v) is 19.6. The highest BCUT2D eigenvalue weighted by molar-refractivity contribution is 14.1. The van der Waals surface area contributed by atoms with Gasteiger partial charge in [-0.1, -0.05) is 0 Å². The fourth-order valence-electron chi connectivity index (χ4n) is 1.75. The lowest BCUT2D eigenvalue weighted by molar-refractivity contribution is 0.560. The molecule has 0 spiro atoms. The summed E-state index contributed by atoms with van der Waals surface area (Å²) in [6.45, 7) is 3.99. The Morgan fingerprint density at radius 3 is 1.86 bits per heavy atom. The maximum Gasteiger partial charge on any atom is 0.212 e. The average Bonchev–Trinajstić information content (AvgIpc) is 3.24. The Kier molecular flexibility index (Phi) is 9.00.